The Morgan fingerprint density at radius 2 is 2.19 bits per heavy atom. The summed E-state index contributed by atoms with van der Waals surface area (Å²) < 4.78 is 37.4. The Hall–Kier alpha value is -1.46. The molecule has 1 aromatic carbocycles. The molecule has 2 aliphatic heterocycles. The smallest absolute Gasteiger partial charge is 0.233 e. The van der Waals surface area contributed by atoms with Crippen LogP contribution in [0, 0.1) is 5.92 Å². The maximum Gasteiger partial charge on any atom is 0.233 e. The van der Waals surface area contributed by atoms with Crippen LogP contribution in [0.2, 0.25) is 5.02 Å². The molecule has 2 unspecified atom stereocenters. The minimum absolute atomic E-state index is 0.0667. The molecule has 170 valence electrons. The molecule has 0 bridgehead atoms. The van der Waals surface area contributed by atoms with E-state index in [2.05, 4.69) is 0 Å². The predicted octanol–water partition coefficient (Wildman–Crippen LogP) is 3.14. The van der Waals surface area contributed by atoms with Gasteiger partial charge in [-0.3, -0.25) is 9.69 Å². The van der Waals surface area contributed by atoms with Crippen LogP contribution < -0.4 is 9.64 Å². The monoisotopic (exact) mass is 487 g/mol. The third-order valence-electron chi connectivity index (χ3n) is 5.78. The summed E-state index contributed by atoms with van der Waals surface area (Å²) in [7, 11) is -1.78. The Kier molecular flexibility index (Phi) is 6.73. The molecular weight excluding hydrogens is 462 g/mol. The third kappa shape index (κ3) is 4.83. The van der Waals surface area contributed by atoms with Gasteiger partial charge in [-0.1, -0.05) is 22.9 Å². The highest BCUT2D eigenvalue weighted by molar-refractivity contribution is 7.88. The average molecular weight is 488 g/mol. The van der Waals surface area contributed by atoms with E-state index in [9.17, 15) is 13.2 Å². The first-order chi connectivity index (χ1) is 14.8. The molecule has 11 heteroatoms. The summed E-state index contributed by atoms with van der Waals surface area (Å²) in [6.45, 7) is 1.70. The zero-order valence-corrected chi connectivity index (χ0v) is 19.9. The van der Waals surface area contributed by atoms with E-state index in [1.165, 1.54) is 21.9 Å². The van der Waals surface area contributed by atoms with Gasteiger partial charge < -0.3 is 9.47 Å². The number of amides is 1. The molecular formula is C20H26ClN3O5S2. The normalized spacial score (nSPS) is 22.7. The van der Waals surface area contributed by atoms with Crippen molar-refractivity contribution in [2.24, 2.45) is 5.92 Å². The van der Waals surface area contributed by atoms with Crippen LogP contribution in [0.3, 0.4) is 0 Å². The molecule has 0 spiro atoms. The number of thiazole rings is 1. The lowest BCUT2D eigenvalue weighted by Gasteiger charge is -2.33. The number of ether oxygens (including phenoxy) is 2. The van der Waals surface area contributed by atoms with Crippen LogP contribution in [-0.2, 0) is 19.6 Å². The van der Waals surface area contributed by atoms with Crippen LogP contribution in [0.4, 0.5) is 5.13 Å². The molecule has 2 fully saturated rings. The van der Waals surface area contributed by atoms with E-state index in [4.69, 9.17) is 26.1 Å². The Morgan fingerprint density at radius 3 is 2.87 bits per heavy atom. The van der Waals surface area contributed by atoms with Gasteiger partial charge in [-0.2, -0.15) is 0 Å². The molecule has 1 amide bonds. The van der Waals surface area contributed by atoms with Crippen LogP contribution >= 0.6 is 22.9 Å². The number of sulfonamides is 1. The highest BCUT2D eigenvalue weighted by Crippen LogP contribution is 2.39. The van der Waals surface area contributed by atoms with Crippen LogP contribution in [0.1, 0.15) is 25.7 Å². The number of carbonyl (C=O) groups is 1. The summed E-state index contributed by atoms with van der Waals surface area (Å²) in [5.41, 5.74) is 0.613. The largest absolute Gasteiger partial charge is 0.494 e. The summed E-state index contributed by atoms with van der Waals surface area (Å²) in [6.07, 6.45) is 4.24. The molecule has 0 aliphatic carbocycles. The number of hydrogen-bond acceptors (Lipinski definition) is 7. The van der Waals surface area contributed by atoms with Crippen molar-refractivity contribution in [2.45, 2.75) is 31.8 Å². The van der Waals surface area contributed by atoms with Crippen molar-refractivity contribution < 1.29 is 22.7 Å². The van der Waals surface area contributed by atoms with Gasteiger partial charge in [-0.05, 0) is 37.8 Å². The maximum atomic E-state index is 13.6. The summed E-state index contributed by atoms with van der Waals surface area (Å²) in [5, 5.41) is 1.07. The standard InChI is InChI=1S/C20H26ClN3O5S2/c1-28-16-8-7-15(21)18-17(16)22-20(30-18)24(12-14-6-4-10-29-14)19(25)13-5-3-9-23(11-13)31(2,26)27/h7-8,13-14H,3-6,9-12H2,1-2H3. The van der Waals surface area contributed by atoms with Crippen molar-refractivity contribution in [3.05, 3.63) is 17.2 Å². The van der Waals surface area contributed by atoms with Crippen molar-refractivity contribution in [1.29, 1.82) is 0 Å². The minimum atomic E-state index is -3.35. The lowest BCUT2D eigenvalue weighted by atomic mass is 9.98. The SMILES string of the molecule is COc1ccc(Cl)c2sc(N(CC3CCCO3)C(=O)C3CCCN(S(C)(=O)=O)C3)nc12. The number of benzene rings is 1. The van der Waals surface area contributed by atoms with Crippen LogP contribution in [0.5, 0.6) is 5.75 Å². The number of methoxy groups -OCH3 is 1. The molecule has 8 nitrogen and oxygen atoms in total. The number of anilines is 1. The Bertz CT molecular complexity index is 1070. The Balaban J connectivity index is 1.68. The van der Waals surface area contributed by atoms with E-state index in [1.807, 2.05) is 0 Å². The van der Waals surface area contributed by atoms with Crippen molar-refractivity contribution in [3.8, 4) is 5.75 Å². The second-order valence-corrected chi connectivity index (χ2v) is 11.3. The molecule has 2 saturated heterocycles. The summed E-state index contributed by atoms with van der Waals surface area (Å²) >= 11 is 7.72. The van der Waals surface area contributed by atoms with Gasteiger partial charge in [0, 0.05) is 19.7 Å². The van der Waals surface area contributed by atoms with E-state index in [-0.39, 0.29) is 18.6 Å². The Morgan fingerprint density at radius 1 is 1.39 bits per heavy atom. The number of halogens is 1. The maximum absolute atomic E-state index is 13.6. The van der Waals surface area contributed by atoms with Crippen molar-refractivity contribution >= 4 is 54.2 Å². The molecule has 2 aliphatic rings. The fourth-order valence-electron chi connectivity index (χ4n) is 4.14. The quantitative estimate of drug-likeness (QED) is 0.622. The molecule has 0 N–H and O–H groups in total. The molecule has 0 radical (unpaired) electrons. The van der Waals surface area contributed by atoms with E-state index in [0.29, 0.717) is 54.0 Å². The fourth-order valence-corrected chi connectivity index (χ4v) is 6.32. The molecule has 2 aromatic rings. The first-order valence-corrected chi connectivity index (χ1v) is 13.3. The predicted molar refractivity (Wildman–Crippen MR) is 122 cm³/mol. The van der Waals surface area contributed by atoms with E-state index in [0.717, 1.165) is 17.5 Å². The fraction of sp³-hybridized carbons (Fsp3) is 0.600. The highest BCUT2D eigenvalue weighted by Gasteiger charge is 2.36. The van der Waals surface area contributed by atoms with Gasteiger partial charge in [0.2, 0.25) is 15.9 Å². The van der Waals surface area contributed by atoms with Gasteiger partial charge >= 0.3 is 0 Å². The summed E-state index contributed by atoms with van der Waals surface area (Å²) in [6, 6.07) is 3.51. The lowest BCUT2D eigenvalue weighted by molar-refractivity contribution is -0.123. The first-order valence-electron chi connectivity index (χ1n) is 10.3. The number of fused-ring (bicyclic) bond motifs is 1. The third-order valence-corrected chi connectivity index (χ3v) is 8.58. The number of nitrogens with zero attached hydrogens (tertiary/aromatic N) is 3. The summed E-state index contributed by atoms with van der Waals surface area (Å²) in [5.74, 6) is 0.0413. The van der Waals surface area contributed by atoms with E-state index in [1.54, 1.807) is 24.1 Å². The van der Waals surface area contributed by atoms with Gasteiger partial charge in [0.1, 0.15) is 11.3 Å². The van der Waals surface area contributed by atoms with E-state index < -0.39 is 15.9 Å². The van der Waals surface area contributed by atoms with Gasteiger partial charge in [0.25, 0.3) is 0 Å². The molecule has 3 heterocycles. The molecule has 1 aromatic heterocycles. The minimum Gasteiger partial charge on any atom is -0.494 e. The van der Waals surface area contributed by atoms with Gasteiger partial charge in [-0.25, -0.2) is 17.7 Å². The molecule has 31 heavy (non-hydrogen) atoms. The zero-order chi connectivity index (χ0) is 22.2. The van der Waals surface area contributed by atoms with Gasteiger partial charge in [-0.15, -0.1) is 0 Å². The second-order valence-electron chi connectivity index (χ2n) is 7.97. The van der Waals surface area contributed by atoms with Gasteiger partial charge in [0.15, 0.2) is 5.13 Å². The summed E-state index contributed by atoms with van der Waals surface area (Å²) in [4.78, 5) is 20.0. The van der Waals surface area contributed by atoms with E-state index >= 15 is 0 Å². The van der Waals surface area contributed by atoms with Crippen molar-refractivity contribution in [1.82, 2.24) is 9.29 Å². The second kappa shape index (κ2) is 9.19. The number of carbonyl (C=O) groups excluding carboxylic acids is 1. The number of piperidine rings is 1. The average Bonchev–Trinajstić information content (AvgIpc) is 3.42. The molecule has 0 saturated carbocycles. The van der Waals surface area contributed by atoms with Crippen LogP contribution in [0.25, 0.3) is 10.2 Å². The van der Waals surface area contributed by atoms with Gasteiger partial charge in [0.05, 0.1) is 41.7 Å². The van der Waals surface area contributed by atoms with Crippen molar-refractivity contribution in [2.75, 3.05) is 44.5 Å². The molecule has 2 atom stereocenters. The highest BCUT2D eigenvalue weighted by atomic mass is 35.5. The topological polar surface area (TPSA) is 89.0 Å². The number of hydrogen-bond donors (Lipinski definition) is 0. The first kappa shape index (κ1) is 22.7. The van der Waals surface area contributed by atoms with Crippen molar-refractivity contribution in [3.63, 3.8) is 0 Å². The molecule has 4 rings (SSSR count). The lowest BCUT2D eigenvalue weighted by Crippen LogP contribution is -2.48. The van der Waals surface area contributed by atoms with Crippen LogP contribution in [-0.4, -0.2) is 69.3 Å². The van der Waals surface area contributed by atoms with Crippen LogP contribution in [0.15, 0.2) is 12.1 Å². The number of aromatic nitrogens is 1. The Labute approximate surface area is 191 Å². The number of rotatable bonds is 6. The zero-order valence-electron chi connectivity index (χ0n) is 17.5.